The molecule has 0 radical (unpaired) electrons. The number of aromatic nitrogens is 6. The van der Waals surface area contributed by atoms with E-state index in [2.05, 4.69) is 35.6 Å². The number of nitrogens with zero attached hydrogens (tertiary/aromatic N) is 7. The van der Waals surface area contributed by atoms with Gasteiger partial charge in [0.2, 0.25) is 17.7 Å². The van der Waals surface area contributed by atoms with Crippen LogP contribution in [0.1, 0.15) is 12.8 Å². The first-order chi connectivity index (χ1) is 13.3. The Hall–Kier alpha value is -3.36. The summed E-state index contributed by atoms with van der Waals surface area (Å²) < 4.78 is 0. The number of hydrogen-bond donors (Lipinski definition) is 1. The van der Waals surface area contributed by atoms with Crippen molar-refractivity contribution in [2.24, 2.45) is 0 Å². The summed E-state index contributed by atoms with van der Waals surface area (Å²) in [5.41, 5.74) is 0.870. The van der Waals surface area contributed by atoms with E-state index in [0.29, 0.717) is 18.3 Å². The lowest BCUT2D eigenvalue weighted by Crippen LogP contribution is -2.49. The van der Waals surface area contributed by atoms with E-state index in [-0.39, 0.29) is 18.5 Å². The van der Waals surface area contributed by atoms with E-state index >= 15 is 0 Å². The van der Waals surface area contributed by atoms with Gasteiger partial charge in [0.05, 0.1) is 0 Å². The van der Waals surface area contributed by atoms with Gasteiger partial charge in [-0.1, -0.05) is 30.3 Å². The van der Waals surface area contributed by atoms with E-state index in [0.717, 1.165) is 24.9 Å². The minimum Gasteiger partial charge on any atom is -0.350 e. The topological polar surface area (TPSA) is 102 Å². The van der Waals surface area contributed by atoms with Crippen LogP contribution in [0.25, 0.3) is 11.4 Å². The van der Waals surface area contributed by atoms with E-state index in [1.54, 1.807) is 18.5 Å². The van der Waals surface area contributed by atoms with Crippen LogP contribution in [0.5, 0.6) is 0 Å². The van der Waals surface area contributed by atoms with Gasteiger partial charge in [-0.3, -0.25) is 4.79 Å². The quantitative estimate of drug-likeness (QED) is 0.718. The smallest absolute Gasteiger partial charge is 0.243 e. The lowest BCUT2D eigenvalue weighted by atomic mass is 10.1. The number of benzene rings is 1. The van der Waals surface area contributed by atoms with Gasteiger partial charge in [0, 0.05) is 37.1 Å². The van der Waals surface area contributed by atoms with E-state index in [4.69, 9.17) is 0 Å². The minimum atomic E-state index is -0.132. The predicted octanol–water partition coefficient (Wildman–Crippen LogP) is 0.915. The molecule has 1 atom stereocenters. The number of anilines is 1. The number of hydrogen-bond acceptors (Lipinski definition) is 7. The van der Waals surface area contributed by atoms with Gasteiger partial charge in [-0.05, 0) is 24.1 Å². The zero-order valence-electron chi connectivity index (χ0n) is 14.8. The van der Waals surface area contributed by atoms with Gasteiger partial charge in [0.1, 0.15) is 6.54 Å². The van der Waals surface area contributed by atoms with Crippen molar-refractivity contribution >= 4 is 11.9 Å². The van der Waals surface area contributed by atoms with Crippen LogP contribution in [0.3, 0.4) is 0 Å². The molecule has 0 bridgehead atoms. The average molecular weight is 364 g/mol. The summed E-state index contributed by atoms with van der Waals surface area (Å²) in [6.07, 6.45) is 5.36. The van der Waals surface area contributed by atoms with Gasteiger partial charge < -0.3 is 10.2 Å². The van der Waals surface area contributed by atoms with Crippen molar-refractivity contribution in [2.75, 3.05) is 18.0 Å². The number of piperidine rings is 1. The maximum atomic E-state index is 12.4. The third kappa shape index (κ3) is 4.25. The van der Waals surface area contributed by atoms with Crippen LogP contribution in [0.2, 0.25) is 0 Å². The maximum Gasteiger partial charge on any atom is 0.243 e. The Kier molecular flexibility index (Phi) is 4.99. The molecule has 1 N–H and O–H groups in total. The van der Waals surface area contributed by atoms with Crippen LogP contribution in [-0.4, -0.2) is 55.2 Å². The molecule has 1 fully saturated rings. The van der Waals surface area contributed by atoms with Gasteiger partial charge in [-0.2, -0.15) is 4.80 Å². The summed E-state index contributed by atoms with van der Waals surface area (Å²) in [7, 11) is 0. The van der Waals surface area contributed by atoms with Gasteiger partial charge >= 0.3 is 0 Å². The standard InChI is InChI=1S/C18H20N8O/c27-16(13-26-23-17(22-24-26)14-6-2-1-3-7-14)21-15-8-4-11-25(12-15)18-19-9-5-10-20-18/h1-3,5-7,9-10,15H,4,8,11-13H2,(H,21,27). The van der Waals surface area contributed by atoms with Crippen molar-refractivity contribution in [2.45, 2.75) is 25.4 Å². The molecule has 2 aromatic heterocycles. The molecule has 27 heavy (non-hydrogen) atoms. The summed E-state index contributed by atoms with van der Waals surface area (Å²) in [4.78, 5) is 24.4. The second kappa shape index (κ2) is 7.90. The summed E-state index contributed by atoms with van der Waals surface area (Å²) in [5, 5.41) is 15.3. The molecule has 1 aliphatic rings. The zero-order valence-corrected chi connectivity index (χ0v) is 14.8. The first-order valence-corrected chi connectivity index (χ1v) is 8.92. The van der Waals surface area contributed by atoms with Gasteiger partial charge in [0.25, 0.3) is 0 Å². The molecule has 138 valence electrons. The molecule has 0 aliphatic carbocycles. The molecule has 1 amide bonds. The van der Waals surface area contributed by atoms with Gasteiger partial charge in [0.15, 0.2) is 0 Å². The lowest BCUT2D eigenvalue weighted by Gasteiger charge is -2.33. The predicted molar refractivity (Wildman–Crippen MR) is 98.7 cm³/mol. The first kappa shape index (κ1) is 17.1. The van der Waals surface area contributed by atoms with E-state index < -0.39 is 0 Å². The fourth-order valence-electron chi connectivity index (χ4n) is 3.15. The molecular formula is C18H20N8O. The SMILES string of the molecule is O=C(Cn1nnc(-c2ccccc2)n1)NC1CCCN(c2ncccn2)C1. The summed E-state index contributed by atoms with van der Waals surface area (Å²) in [6.45, 7) is 1.62. The van der Waals surface area contributed by atoms with Crippen molar-refractivity contribution in [3.05, 3.63) is 48.8 Å². The number of nitrogens with one attached hydrogen (secondary N) is 1. The zero-order chi connectivity index (χ0) is 18.5. The van der Waals surface area contributed by atoms with Crippen molar-refractivity contribution in [3.63, 3.8) is 0 Å². The van der Waals surface area contributed by atoms with Crippen molar-refractivity contribution < 1.29 is 4.79 Å². The molecule has 1 aromatic carbocycles. The molecule has 9 nitrogen and oxygen atoms in total. The van der Waals surface area contributed by atoms with Crippen molar-refractivity contribution in [3.8, 4) is 11.4 Å². The molecular weight excluding hydrogens is 344 g/mol. The molecule has 0 spiro atoms. The fourth-order valence-corrected chi connectivity index (χ4v) is 3.15. The van der Waals surface area contributed by atoms with Crippen LogP contribution >= 0.6 is 0 Å². The van der Waals surface area contributed by atoms with Crippen molar-refractivity contribution in [1.82, 2.24) is 35.5 Å². The van der Waals surface area contributed by atoms with Gasteiger partial charge in [-0.15, -0.1) is 10.2 Å². The Balaban J connectivity index is 1.33. The Morgan fingerprint density at radius 3 is 2.78 bits per heavy atom. The molecule has 9 heteroatoms. The van der Waals surface area contributed by atoms with Crippen LogP contribution in [-0.2, 0) is 11.3 Å². The molecule has 4 rings (SSSR count). The number of carbonyl (C=O) groups is 1. The Morgan fingerprint density at radius 2 is 1.96 bits per heavy atom. The molecule has 1 saturated heterocycles. The van der Waals surface area contributed by atoms with Crippen molar-refractivity contribution in [1.29, 1.82) is 0 Å². The van der Waals surface area contributed by atoms with Crippen LogP contribution in [0, 0.1) is 0 Å². The third-order valence-corrected chi connectivity index (χ3v) is 4.39. The largest absolute Gasteiger partial charge is 0.350 e. The highest BCUT2D eigenvalue weighted by atomic mass is 16.2. The Morgan fingerprint density at radius 1 is 1.15 bits per heavy atom. The average Bonchev–Trinajstić information content (AvgIpc) is 3.18. The molecule has 3 aromatic rings. The Bertz CT molecular complexity index is 883. The minimum absolute atomic E-state index is 0.0399. The third-order valence-electron chi connectivity index (χ3n) is 4.39. The summed E-state index contributed by atoms with van der Waals surface area (Å²) in [5.74, 6) is 1.07. The first-order valence-electron chi connectivity index (χ1n) is 8.92. The Labute approximate surface area is 156 Å². The highest BCUT2D eigenvalue weighted by Crippen LogP contribution is 2.15. The molecule has 1 unspecified atom stereocenters. The van der Waals surface area contributed by atoms with Crippen LogP contribution in [0.15, 0.2) is 48.8 Å². The van der Waals surface area contributed by atoms with Crippen LogP contribution in [0.4, 0.5) is 5.95 Å². The second-order valence-electron chi connectivity index (χ2n) is 6.41. The monoisotopic (exact) mass is 364 g/mol. The summed E-state index contributed by atoms with van der Waals surface area (Å²) in [6, 6.07) is 11.4. The highest BCUT2D eigenvalue weighted by Gasteiger charge is 2.23. The van der Waals surface area contributed by atoms with E-state index in [1.165, 1.54) is 4.80 Å². The number of tetrazole rings is 1. The number of rotatable bonds is 5. The molecule has 0 saturated carbocycles. The van der Waals surface area contributed by atoms with Gasteiger partial charge in [-0.25, -0.2) is 9.97 Å². The maximum absolute atomic E-state index is 12.4. The normalized spacial score (nSPS) is 16.9. The summed E-state index contributed by atoms with van der Waals surface area (Å²) >= 11 is 0. The molecule has 1 aliphatic heterocycles. The second-order valence-corrected chi connectivity index (χ2v) is 6.41. The highest BCUT2D eigenvalue weighted by molar-refractivity contribution is 5.76. The number of amides is 1. The van der Waals surface area contributed by atoms with E-state index in [9.17, 15) is 4.79 Å². The number of carbonyl (C=O) groups excluding carboxylic acids is 1. The van der Waals surface area contributed by atoms with E-state index in [1.807, 2.05) is 30.3 Å². The van der Waals surface area contributed by atoms with Crippen LogP contribution < -0.4 is 10.2 Å². The molecule has 3 heterocycles. The fraction of sp³-hybridized carbons (Fsp3) is 0.333. The lowest BCUT2D eigenvalue weighted by molar-refractivity contribution is -0.122.